The molecule has 2 nitrogen and oxygen atoms in total. The molecule has 0 atom stereocenters. The van der Waals surface area contributed by atoms with Crippen molar-refractivity contribution >= 4 is 21.6 Å². The first kappa shape index (κ1) is 23.0. The summed E-state index contributed by atoms with van der Waals surface area (Å²) in [6, 6.07) is 9.86. The first-order valence-electron chi connectivity index (χ1n) is 10.7. The Labute approximate surface area is 169 Å². The number of hydrogen-bond acceptors (Lipinski definition) is 2. The van der Waals surface area contributed by atoms with Crippen LogP contribution in [0, 0.1) is 11.3 Å². The summed E-state index contributed by atoms with van der Waals surface area (Å²) in [7, 11) is 0. The molecule has 0 heterocycles. The Hall–Kier alpha value is -1.01. The van der Waals surface area contributed by atoms with Crippen LogP contribution in [0.15, 0.2) is 24.3 Å². The fourth-order valence-electron chi connectivity index (χ4n) is 3.24. The maximum absolute atomic E-state index is 8.78. The van der Waals surface area contributed by atoms with Crippen molar-refractivity contribution in [3.8, 4) is 6.07 Å². The number of hydrogen-bond donors (Lipinski definition) is 1. The molecule has 0 saturated carbocycles. The van der Waals surface area contributed by atoms with Gasteiger partial charge in [-0.2, -0.15) is 5.26 Å². The first-order chi connectivity index (χ1) is 12.9. The second kappa shape index (κ2) is 17.4. The number of halogens is 1. The van der Waals surface area contributed by atoms with Gasteiger partial charge >= 0.3 is 0 Å². The van der Waals surface area contributed by atoms with Gasteiger partial charge in [0, 0.05) is 17.6 Å². The number of benzene rings is 1. The number of anilines is 1. The van der Waals surface area contributed by atoms with E-state index in [1.54, 1.807) is 0 Å². The summed E-state index contributed by atoms with van der Waals surface area (Å²) in [4.78, 5) is 0. The second-order valence-corrected chi connectivity index (χ2v) is 8.05. The van der Waals surface area contributed by atoms with Gasteiger partial charge in [0.05, 0.1) is 11.6 Å². The van der Waals surface area contributed by atoms with E-state index in [1.165, 1.54) is 95.2 Å². The molecule has 146 valence electrons. The molecule has 0 bridgehead atoms. The van der Waals surface area contributed by atoms with Gasteiger partial charge in [0.2, 0.25) is 0 Å². The number of alkyl halides is 1. The number of rotatable bonds is 17. The van der Waals surface area contributed by atoms with Crippen molar-refractivity contribution in [1.82, 2.24) is 0 Å². The Bertz CT molecular complexity index is 464. The highest BCUT2D eigenvalue weighted by Crippen LogP contribution is 2.14. The van der Waals surface area contributed by atoms with E-state index in [1.807, 2.05) is 24.3 Å². The van der Waals surface area contributed by atoms with Crippen molar-refractivity contribution in [2.75, 3.05) is 17.2 Å². The largest absolute Gasteiger partial charge is 0.385 e. The Morgan fingerprint density at radius 1 is 0.654 bits per heavy atom. The van der Waals surface area contributed by atoms with Crippen LogP contribution in [0.25, 0.3) is 0 Å². The van der Waals surface area contributed by atoms with Crippen LogP contribution in [-0.4, -0.2) is 11.9 Å². The Balaban J connectivity index is 1.77. The normalized spacial score (nSPS) is 10.6. The molecule has 1 aromatic carbocycles. The molecule has 0 unspecified atom stereocenters. The van der Waals surface area contributed by atoms with E-state index in [0.29, 0.717) is 0 Å². The van der Waals surface area contributed by atoms with Crippen LogP contribution in [-0.2, 0) is 0 Å². The summed E-state index contributed by atoms with van der Waals surface area (Å²) >= 11 is 3.49. The molecular weight excluding hydrogens is 384 g/mol. The van der Waals surface area contributed by atoms with E-state index >= 15 is 0 Å². The predicted molar refractivity (Wildman–Crippen MR) is 118 cm³/mol. The minimum absolute atomic E-state index is 0.723. The summed E-state index contributed by atoms with van der Waals surface area (Å²) in [6.45, 7) is 1.03. The third-order valence-electron chi connectivity index (χ3n) is 4.90. The topological polar surface area (TPSA) is 35.8 Å². The maximum atomic E-state index is 8.78. The zero-order valence-electron chi connectivity index (χ0n) is 16.4. The molecule has 0 aliphatic heterocycles. The fourth-order valence-corrected chi connectivity index (χ4v) is 3.63. The van der Waals surface area contributed by atoms with Gasteiger partial charge in [-0.15, -0.1) is 0 Å². The zero-order valence-corrected chi connectivity index (χ0v) is 18.0. The van der Waals surface area contributed by atoms with E-state index in [0.717, 1.165) is 17.8 Å². The minimum atomic E-state index is 0.723. The maximum Gasteiger partial charge on any atom is 0.0991 e. The number of nitrogens with one attached hydrogen (secondary N) is 1. The second-order valence-electron chi connectivity index (χ2n) is 7.25. The van der Waals surface area contributed by atoms with Gasteiger partial charge in [0.1, 0.15) is 0 Å². The Kier molecular flexibility index (Phi) is 15.4. The molecule has 1 rings (SSSR count). The Morgan fingerprint density at radius 3 is 1.50 bits per heavy atom. The molecule has 0 aliphatic rings. The van der Waals surface area contributed by atoms with Crippen LogP contribution in [0.4, 0.5) is 5.69 Å². The van der Waals surface area contributed by atoms with Crippen molar-refractivity contribution in [2.45, 2.75) is 89.9 Å². The monoisotopic (exact) mass is 420 g/mol. The summed E-state index contributed by atoms with van der Waals surface area (Å²) in [5.41, 5.74) is 1.84. The van der Waals surface area contributed by atoms with Gasteiger partial charge in [-0.1, -0.05) is 93.0 Å². The molecule has 1 aromatic rings. The predicted octanol–water partition coefficient (Wildman–Crippen LogP) is 7.83. The highest BCUT2D eigenvalue weighted by atomic mass is 79.9. The molecular formula is C23H37BrN2. The van der Waals surface area contributed by atoms with Crippen molar-refractivity contribution in [2.24, 2.45) is 0 Å². The van der Waals surface area contributed by atoms with E-state index in [9.17, 15) is 0 Å². The summed E-state index contributed by atoms with van der Waals surface area (Å²) in [5, 5.41) is 13.4. The lowest BCUT2D eigenvalue weighted by atomic mass is 10.0. The molecule has 0 amide bonds. The average Bonchev–Trinajstić information content (AvgIpc) is 2.68. The SMILES string of the molecule is N#Cc1ccc(NCCCCCCCCCCCCCCCCBr)cc1. The van der Waals surface area contributed by atoms with Gasteiger partial charge in [0.25, 0.3) is 0 Å². The molecule has 0 radical (unpaired) electrons. The summed E-state index contributed by atoms with van der Waals surface area (Å²) in [6.07, 6.45) is 19.5. The van der Waals surface area contributed by atoms with Crippen LogP contribution in [0.2, 0.25) is 0 Å². The molecule has 3 heteroatoms. The molecule has 0 fully saturated rings. The van der Waals surface area contributed by atoms with Crippen molar-refractivity contribution in [1.29, 1.82) is 5.26 Å². The lowest BCUT2D eigenvalue weighted by Crippen LogP contribution is -2.01. The van der Waals surface area contributed by atoms with Crippen LogP contribution in [0.3, 0.4) is 0 Å². The molecule has 0 spiro atoms. The molecule has 0 aromatic heterocycles. The van der Waals surface area contributed by atoms with Gasteiger partial charge in [-0.3, -0.25) is 0 Å². The number of unbranched alkanes of at least 4 members (excludes halogenated alkanes) is 13. The lowest BCUT2D eigenvalue weighted by Gasteiger charge is -2.06. The zero-order chi connectivity index (χ0) is 18.7. The smallest absolute Gasteiger partial charge is 0.0991 e. The van der Waals surface area contributed by atoms with Gasteiger partial charge < -0.3 is 5.32 Å². The first-order valence-corrected chi connectivity index (χ1v) is 11.8. The van der Waals surface area contributed by atoms with Crippen molar-refractivity contribution < 1.29 is 0 Å². The lowest BCUT2D eigenvalue weighted by molar-refractivity contribution is 0.537. The van der Waals surface area contributed by atoms with Crippen LogP contribution < -0.4 is 5.32 Å². The number of nitrogens with zero attached hydrogens (tertiary/aromatic N) is 1. The van der Waals surface area contributed by atoms with Crippen molar-refractivity contribution in [3.05, 3.63) is 29.8 Å². The molecule has 0 saturated heterocycles. The third-order valence-corrected chi connectivity index (χ3v) is 5.46. The van der Waals surface area contributed by atoms with Crippen molar-refractivity contribution in [3.63, 3.8) is 0 Å². The van der Waals surface area contributed by atoms with E-state index in [4.69, 9.17) is 5.26 Å². The Morgan fingerprint density at radius 2 is 1.08 bits per heavy atom. The molecule has 1 N–H and O–H groups in total. The molecule has 26 heavy (non-hydrogen) atoms. The highest BCUT2D eigenvalue weighted by Gasteiger charge is 1.96. The van der Waals surface area contributed by atoms with E-state index in [-0.39, 0.29) is 0 Å². The fraction of sp³-hybridized carbons (Fsp3) is 0.696. The van der Waals surface area contributed by atoms with Gasteiger partial charge in [-0.05, 0) is 37.1 Å². The minimum Gasteiger partial charge on any atom is -0.385 e. The third kappa shape index (κ3) is 13.2. The highest BCUT2D eigenvalue weighted by molar-refractivity contribution is 9.09. The van der Waals surface area contributed by atoms with E-state index < -0.39 is 0 Å². The van der Waals surface area contributed by atoms with Crippen LogP contribution in [0.5, 0.6) is 0 Å². The van der Waals surface area contributed by atoms with Gasteiger partial charge in [-0.25, -0.2) is 0 Å². The summed E-state index contributed by atoms with van der Waals surface area (Å²) < 4.78 is 0. The quantitative estimate of drug-likeness (QED) is 0.205. The van der Waals surface area contributed by atoms with Crippen LogP contribution >= 0.6 is 15.9 Å². The number of nitriles is 1. The standard InChI is InChI=1S/C23H37BrN2/c24-19-13-11-9-7-5-3-1-2-4-6-8-10-12-14-20-26-23-17-15-22(21-25)16-18-23/h15-18,26H,1-14,19-20H2. The van der Waals surface area contributed by atoms with E-state index in [2.05, 4.69) is 27.3 Å². The van der Waals surface area contributed by atoms with Crippen LogP contribution in [0.1, 0.15) is 95.5 Å². The average molecular weight is 421 g/mol. The molecule has 0 aliphatic carbocycles. The summed E-state index contributed by atoms with van der Waals surface area (Å²) in [5.74, 6) is 0. The van der Waals surface area contributed by atoms with Gasteiger partial charge in [0.15, 0.2) is 0 Å².